The minimum absolute atomic E-state index is 0.545. The van der Waals surface area contributed by atoms with Crippen LogP contribution in [0.1, 0.15) is 38.7 Å². The monoisotopic (exact) mass is 279 g/mol. The number of aryl methyl sites for hydroxylation is 1. The Hall–Kier alpha value is -1.06. The molecule has 1 rings (SSSR count). The van der Waals surface area contributed by atoms with Crippen molar-refractivity contribution < 1.29 is 9.47 Å². The van der Waals surface area contributed by atoms with Crippen LogP contribution in [0.5, 0.6) is 5.75 Å². The molecule has 1 aromatic carbocycles. The minimum Gasteiger partial charge on any atom is -0.497 e. The highest BCUT2D eigenvalue weighted by Crippen LogP contribution is 2.14. The molecule has 0 bridgehead atoms. The standard InChI is InChI=1S/C17H29NO2/c1-4-13-18-16(12-14-20-5-2)9-6-15-7-10-17(19-3)11-8-15/h7-8,10-11,16,18H,4-6,9,12-14H2,1-3H3. The van der Waals surface area contributed by atoms with Crippen molar-refractivity contribution in [1.29, 1.82) is 0 Å². The summed E-state index contributed by atoms with van der Waals surface area (Å²) >= 11 is 0. The van der Waals surface area contributed by atoms with E-state index >= 15 is 0 Å². The molecule has 0 aliphatic rings. The number of benzene rings is 1. The third-order valence-electron chi connectivity index (χ3n) is 3.44. The fourth-order valence-corrected chi connectivity index (χ4v) is 2.20. The first-order chi connectivity index (χ1) is 9.80. The summed E-state index contributed by atoms with van der Waals surface area (Å²) in [5.41, 5.74) is 1.37. The van der Waals surface area contributed by atoms with Gasteiger partial charge in [-0.2, -0.15) is 0 Å². The van der Waals surface area contributed by atoms with Gasteiger partial charge < -0.3 is 14.8 Å². The van der Waals surface area contributed by atoms with Crippen molar-refractivity contribution in [2.45, 2.75) is 45.6 Å². The van der Waals surface area contributed by atoms with Crippen molar-refractivity contribution in [2.24, 2.45) is 0 Å². The molecule has 0 aliphatic carbocycles. The molecule has 3 nitrogen and oxygen atoms in total. The van der Waals surface area contributed by atoms with Crippen molar-refractivity contribution in [2.75, 3.05) is 26.9 Å². The molecule has 0 spiro atoms. The molecule has 0 saturated heterocycles. The van der Waals surface area contributed by atoms with Gasteiger partial charge in [-0.15, -0.1) is 0 Å². The van der Waals surface area contributed by atoms with E-state index in [1.165, 1.54) is 12.0 Å². The zero-order valence-corrected chi connectivity index (χ0v) is 13.2. The molecule has 1 atom stereocenters. The van der Waals surface area contributed by atoms with E-state index in [-0.39, 0.29) is 0 Å². The van der Waals surface area contributed by atoms with Crippen molar-refractivity contribution in [1.82, 2.24) is 5.32 Å². The Kier molecular flexibility index (Phi) is 9.09. The Morgan fingerprint density at radius 1 is 1.10 bits per heavy atom. The van der Waals surface area contributed by atoms with E-state index in [2.05, 4.69) is 24.4 Å². The number of rotatable bonds is 11. The molecular weight excluding hydrogens is 250 g/mol. The average Bonchev–Trinajstić information content (AvgIpc) is 2.50. The van der Waals surface area contributed by atoms with Crippen LogP contribution in [0.2, 0.25) is 0 Å². The van der Waals surface area contributed by atoms with Crippen molar-refractivity contribution in [3.8, 4) is 5.75 Å². The zero-order valence-electron chi connectivity index (χ0n) is 13.2. The number of hydrogen-bond acceptors (Lipinski definition) is 3. The first kappa shape index (κ1) is 17.0. The molecule has 20 heavy (non-hydrogen) atoms. The van der Waals surface area contributed by atoms with Crippen LogP contribution >= 0.6 is 0 Å². The van der Waals surface area contributed by atoms with Gasteiger partial charge in [-0.3, -0.25) is 0 Å². The first-order valence-corrected chi connectivity index (χ1v) is 7.74. The average molecular weight is 279 g/mol. The molecule has 0 radical (unpaired) electrons. The number of nitrogens with one attached hydrogen (secondary N) is 1. The summed E-state index contributed by atoms with van der Waals surface area (Å²) in [4.78, 5) is 0. The van der Waals surface area contributed by atoms with Crippen LogP contribution in [0.3, 0.4) is 0 Å². The third kappa shape index (κ3) is 6.92. The van der Waals surface area contributed by atoms with Gasteiger partial charge in [0.1, 0.15) is 5.75 Å². The van der Waals surface area contributed by atoms with Gasteiger partial charge in [-0.25, -0.2) is 0 Å². The van der Waals surface area contributed by atoms with Crippen LogP contribution in [0.25, 0.3) is 0 Å². The van der Waals surface area contributed by atoms with Gasteiger partial charge in [-0.05, 0) is 56.8 Å². The highest BCUT2D eigenvalue weighted by atomic mass is 16.5. The Morgan fingerprint density at radius 2 is 1.85 bits per heavy atom. The van der Waals surface area contributed by atoms with Crippen LogP contribution in [0.15, 0.2) is 24.3 Å². The Bertz CT molecular complexity index is 337. The smallest absolute Gasteiger partial charge is 0.118 e. The Labute approximate surface area is 123 Å². The van der Waals surface area contributed by atoms with Crippen LogP contribution in [-0.2, 0) is 11.2 Å². The van der Waals surface area contributed by atoms with Crippen LogP contribution in [0, 0.1) is 0 Å². The fourth-order valence-electron chi connectivity index (χ4n) is 2.20. The predicted molar refractivity (Wildman–Crippen MR) is 84.5 cm³/mol. The van der Waals surface area contributed by atoms with Gasteiger partial charge in [0.2, 0.25) is 0 Å². The lowest BCUT2D eigenvalue weighted by atomic mass is 10.0. The van der Waals surface area contributed by atoms with E-state index in [1.807, 2.05) is 19.1 Å². The Morgan fingerprint density at radius 3 is 2.45 bits per heavy atom. The van der Waals surface area contributed by atoms with E-state index in [0.29, 0.717) is 6.04 Å². The second kappa shape index (κ2) is 10.7. The summed E-state index contributed by atoms with van der Waals surface area (Å²) < 4.78 is 10.7. The van der Waals surface area contributed by atoms with Gasteiger partial charge in [0.25, 0.3) is 0 Å². The predicted octanol–water partition coefficient (Wildman–Crippen LogP) is 3.42. The minimum atomic E-state index is 0.545. The van der Waals surface area contributed by atoms with Crippen molar-refractivity contribution in [3.63, 3.8) is 0 Å². The topological polar surface area (TPSA) is 30.5 Å². The van der Waals surface area contributed by atoms with E-state index in [0.717, 1.165) is 44.8 Å². The molecule has 1 N–H and O–H groups in total. The lowest BCUT2D eigenvalue weighted by molar-refractivity contribution is 0.135. The summed E-state index contributed by atoms with van der Waals surface area (Å²) in [6.07, 6.45) is 4.51. The summed E-state index contributed by atoms with van der Waals surface area (Å²) in [7, 11) is 1.70. The molecule has 3 heteroatoms. The molecule has 114 valence electrons. The quantitative estimate of drug-likeness (QED) is 0.630. The largest absolute Gasteiger partial charge is 0.497 e. The van der Waals surface area contributed by atoms with E-state index in [9.17, 15) is 0 Å². The molecular formula is C17H29NO2. The van der Waals surface area contributed by atoms with Gasteiger partial charge in [0.15, 0.2) is 0 Å². The number of hydrogen-bond donors (Lipinski definition) is 1. The van der Waals surface area contributed by atoms with Crippen molar-refractivity contribution >= 4 is 0 Å². The number of methoxy groups -OCH3 is 1. The maximum absolute atomic E-state index is 5.47. The maximum atomic E-state index is 5.47. The second-order valence-corrected chi connectivity index (χ2v) is 5.02. The third-order valence-corrected chi connectivity index (χ3v) is 3.44. The Balaban J connectivity index is 2.38. The molecule has 0 aromatic heterocycles. The molecule has 0 amide bonds. The van der Waals surface area contributed by atoms with Gasteiger partial charge >= 0.3 is 0 Å². The number of ether oxygens (including phenoxy) is 2. The second-order valence-electron chi connectivity index (χ2n) is 5.02. The molecule has 0 heterocycles. The molecule has 0 saturated carbocycles. The van der Waals surface area contributed by atoms with Crippen LogP contribution in [0.4, 0.5) is 0 Å². The van der Waals surface area contributed by atoms with E-state index in [4.69, 9.17) is 9.47 Å². The van der Waals surface area contributed by atoms with Gasteiger partial charge in [0.05, 0.1) is 7.11 Å². The highest BCUT2D eigenvalue weighted by Gasteiger charge is 2.08. The first-order valence-electron chi connectivity index (χ1n) is 7.74. The summed E-state index contributed by atoms with van der Waals surface area (Å²) in [6.45, 7) is 6.99. The normalized spacial score (nSPS) is 12.3. The highest BCUT2D eigenvalue weighted by molar-refractivity contribution is 5.27. The van der Waals surface area contributed by atoms with Crippen LogP contribution in [-0.4, -0.2) is 32.9 Å². The summed E-state index contributed by atoms with van der Waals surface area (Å²) in [5.74, 6) is 0.922. The van der Waals surface area contributed by atoms with E-state index < -0.39 is 0 Å². The molecule has 0 fully saturated rings. The molecule has 0 aliphatic heterocycles. The lowest BCUT2D eigenvalue weighted by Crippen LogP contribution is -2.31. The lowest BCUT2D eigenvalue weighted by Gasteiger charge is -2.18. The van der Waals surface area contributed by atoms with E-state index in [1.54, 1.807) is 7.11 Å². The van der Waals surface area contributed by atoms with Crippen molar-refractivity contribution in [3.05, 3.63) is 29.8 Å². The summed E-state index contributed by atoms with van der Waals surface area (Å²) in [5, 5.41) is 3.62. The van der Waals surface area contributed by atoms with Gasteiger partial charge in [-0.1, -0.05) is 19.1 Å². The van der Waals surface area contributed by atoms with Gasteiger partial charge in [0, 0.05) is 19.3 Å². The molecule has 1 unspecified atom stereocenters. The summed E-state index contributed by atoms with van der Waals surface area (Å²) in [6, 6.07) is 8.91. The maximum Gasteiger partial charge on any atom is 0.118 e. The fraction of sp³-hybridized carbons (Fsp3) is 0.647. The zero-order chi connectivity index (χ0) is 14.6. The SMILES string of the molecule is CCCNC(CCOCC)CCc1ccc(OC)cc1. The van der Waals surface area contributed by atoms with Crippen LogP contribution < -0.4 is 10.1 Å². The molecule has 1 aromatic rings.